The zero-order valence-corrected chi connectivity index (χ0v) is 10.6. The molecule has 3 amide bonds. The van der Waals surface area contributed by atoms with E-state index in [1.165, 1.54) is 13.0 Å². The minimum absolute atomic E-state index is 0.263. The molecular weight excluding hydrogens is 250 g/mol. The maximum atomic E-state index is 11.8. The predicted molar refractivity (Wildman–Crippen MR) is 68.2 cm³/mol. The molecule has 0 aliphatic heterocycles. The molecule has 0 fully saturated rings. The molecule has 0 heterocycles. The summed E-state index contributed by atoms with van der Waals surface area (Å²) in [6.07, 6.45) is -1.14. The smallest absolute Gasteiger partial charge is 0.339 e. The van der Waals surface area contributed by atoms with E-state index >= 15 is 0 Å². The Kier molecular flexibility index (Phi) is 4.46. The molecule has 0 aliphatic carbocycles. The Morgan fingerprint density at radius 2 is 1.95 bits per heavy atom. The van der Waals surface area contributed by atoms with E-state index in [-0.39, 0.29) is 5.56 Å². The van der Waals surface area contributed by atoms with Crippen LogP contribution in [0, 0.1) is 6.92 Å². The summed E-state index contributed by atoms with van der Waals surface area (Å²) in [6, 6.07) is 3.78. The first-order chi connectivity index (χ1) is 8.82. The molecule has 1 rings (SSSR count). The number of amides is 3. The van der Waals surface area contributed by atoms with Crippen LogP contribution in [-0.4, -0.2) is 24.0 Å². The van der Waals surface area contributed by atoms with Gasteiger partial charge in [0.25, 0.3) is 5.91 Å². The maximum Gasteiger partial charge on any atom is 0.339 e. The Morgan fingerprint density at radius 1 is 1.32 bits per heavy atom. The molecule has 5 N–H and O–H groups in total. The van der Waals surface area contributed by atoms with Crippen molar-refractivity contribution < 1.29 is 19.1 Å². The number of nitrogen functional groups attached to an aromatic ring is 1. The van der Waals surface area contributed by atoms with Gasteiger partial charge >= 0.3 is 12.0 Å². The van der Waals surface area contributed by atoms with Crippen molar-refractivity contribution >= 4 is 23.6 Å². The van der Waals surface area contributed by atoms with E-state index in [9.17, 15) is 14.4 Å². The lowest BCUT2D eigenvalue weighted by molar-refractivity contribution is -0.127. The number of urea groups is 1. The summed E-state index contributed by atoms with van der Waals surface area (Å²) in [7, 11) is 0. The van der Waals surface area contributed by atoms with E-state index in [4.69, 9.17) is 16.2 Å². The van der Waals surface area contributed by atoms with Crippen molar-refractivity contribution in [3.05, 3.63) is 29.3 Å². The minimum Gasteiger partial charge on any atom is -0.449 e. The molecule has 0 radical (unpaired) electrons. The second-order valence-corrected chi connectivity index (χ2v) is 3.92. The predicted octanol–water partition coefficient (Wildman–Crippen LogP) is 0.317. The summed E-state index contributed by atoms with van der Waals surface area (Å²) in [5, 5.41) is 1.82. The second-order valence-electron chi connectivity index (χ2n) is 3.92. The number of nitrogens with one attached hydrogen (secondary N) is 1. The highest BCUT2D eigenvalue weighted by atomic mass is 16.5. The van der Waals surface area contributed by atoms with Gasteiger partial charge in [-0.3, -0.25) is 10.1 Å². The van der Waals surface area contributed by atoms with Gasteiger partial charge in [0.15, 0.2) is 6.10 Å². The molecular formula is C12H15N3O4. The van der Waals surface area contributed by atoms with Gasteiger partial charge in [0.05, 0.1) is 5.56 Å². The molecule has 0 saturated heterocycles. The normalized spacial score (nSPS) is 11.5. The van der Waals surface area contributed by atoms with Gasteiger partial charge in [0, 0.05) is 5.69 Å². The van der Waals surface area contributed by atoms with Gasteiger partial charge < -0.3 is 16.2 Å². The van der Waals surface area contributed by atoms with E-state index in [1.54, 1.807) is 19.1 Å². The van der Waals surface area contributed by atoms with Crippen LogP contribution in [0.5, 0.6) is 0 Å². The van der Waals surface area contributed by atoms with Crippen LogP contribution in [-0.2, 0) is 9.53 Å². The fraction of sp³-hybridized carbons (Fsp3) is 0.250. The molecule has 0 saturated carbocycles. The van der Waals surface area contributed by atoms with Crippen LogP contribution in [0.3, 0.4) is 0 Å². The molecule has 19 heavy (non-hydrogen) atoms. The van der Waals surface area contributed by atoms with Crippen molar-refractivity contribution in [2.45, 2.75) is 20.0 Å². The third-order valence-electron chi connectivity index (χ3n) is 2.50. The number of anilines is 1. The fourth-order valence-corrected chi connectivity index (χ4v) is 1.38. The third kappa shape index (κ3) is 3.70. The number of ether oxygens (including phenoxy) is 1. The number of primary amides is 1. The Hall–Kier alpha value is -2.57. The quantitative estimate of drug-likeness (QED) is 0.536. The molecule has 1 unspecified atom stereocenters. The van der Waals surface area contributed by atoms with E-state index in [2.05, 4.69) is 0 Å². The summed E-state index contributed by atoms with van der Waals surface area (Å²) in [5.74, 6) is -1.49. The molecule has 0 spiro atoms. The standard InChI is InChI=1S/C12H15N3O4/c1-6-8(4-3-5-9(6)13)11(17)19-7(2)10(16)15-12(14)18/h3-5,7H,13H2,1-2H3,(H3,14,15,16,18). The van der Waals surface area contributed by atoms with Gasteiger partial charge in [-0.05, 0) is 31.5 Å². The van der Waals surface area contributed by atoms with E-state index in [0.717, 1.165) is 0 Å². The molecule has 102 valence electrons. The van der Waals surface area contributed by atoms with Crippen molar-refractivity contribution in [1.82, 2.24) is 5.32 Å². The number of nitrogens with two attached hydrogens (primary N) is 2. The van der Waals surface area contributed by atoms with Gasteiger partial charge in [-0.2, -0.15) is 0 Å². The number of hydrogen-bond donors (Lipinski definition) is 3. The topological polar surface area (TPSA) is 125 Å². The summed E-state index contributed by atoms with van der Waals surface area (Å²) in [5.41, 5.74) is 11.7. The second kappa shape index (κ2) is 5.85. The first-order valence-electron chi connectivity index (χ1n) is 5.49. The third-order valence-corrected chi connectivity index (χ3v) is 2.50. The number of imide groups is 1. The van der Waals surface area contributed by atoms with Crippen molar-refractivity contribution in [2.24, 2.45) is 5.73 Å². The van der Waals surface area contributed by atoms with Gasteiger partial charge in [-0.1, -0.05) is 6.07 Å². The highest BCUT2D eigenvalue weighted by Crippen LogP contribution is 2.16. The Bertz CT molecular complexity index is 528. The molecule has 0 aromatic heterocycles. The zero-order chi connectivity index (χ0) is 14.6. The SMILES string of the molecule is Cc1c(N)cccc1C(=O)OC(C)C(=O)NC(N)=O. The number of rotatable bonds is 3. The van der Waals surface area contributed by atoms with Crippen LogP contribution >= 0.6 is 0 Å². The average Bonchev–Trinajstić information content (AvgIpc) is 2.31. The molecule has 1 atom stereocenters. The van der Waals surface area contributed by atoms with Crippen LogP contribution in [0.15, 0.2) is 18.2 Å². The van der Waals surface area contributed by atoms with Gasteiger partial charge in [0.2, 0.25) is 0 Å². The lowest BCUT2D eigenvalue weighted by Gasteiger charge is -2.13. The molecule has 0 aliphatic rings. The Labute approximate surface area is 109 Å². The van der Waals surface area contributed by atoms with Crippen LogP contribution in [0.25, 0.3) is 0 Å². The highest BCUT2D eigenvalue weighted by molar-refractivity contribution is 5.98. The van der Waals surface area contributed by atoms with Crippen molar-refractivity contribution in [3.8, 4) is 0 Å². The summed E-state index contributed by atoms with van der Waals surface area (Å²) >= 11 is 0. The van der Waals surface area contributed by atoms with E-state index in [0.29, 0.717) is 11.3 Å². The summed E-state index contributed by atoms with van der Waals surface area (Å²) in [4.78, 5) is 33.7. The van der Waals surface area contributed by atoms with Crippen LogP contribution in [0.4, 0.5) is 10.5 Å². The van der Waals surface area contributed by atoms with Gasteiger partial charge in [0.1, 0.15) is 0 Å². The summed E-state index contributed by atoms with van der Waals surface area (Å²) in [6.45, 7) is 3.00. The lowest BCUT2D eigenvalue weighted by atomic mass is 10.1. The number of hydrogen-bond acceptors (Lipinski definition) is 5. The number of carbonyl (C=O) groups excluding carboxylic acids is 3. The summed E-state index contributed by atoms with van der Waals surface area (Å²) < 4.78 is 4.92. The fourth-order valence-electron chi connectivity index (χ4n) is 1.38. The van der Waals surface area contributed by atoms with E-state index in [1.807, 2.05) is 5.32 Å². The van der Waals surface area contributed by atoms with Crippen LogP contribution in [0.2, 0.25) is 0 Å². The van der Waals surface area contributed by atoms with Crippen LogP contribution < -0.4 is 16.8 Å². The largest absolute Gasteiger partial charge is 0.449 e. The van der Waals surface area contributed by atoms with Crippen molar-refractivity contribution in [3.63, 3.8) is 0 Å². The minimum atomic E-state index is -1.14. The first kappa shape index (κ1) is 14.5. The average molecular weight is 265 g/mol. The molecule has 1 aromatic carbocycles. The van der Waals surface area contributed by atoms with Crippen molar-refractivity contribution in [2.75, 3.05) is 5.73 Å². The maximum absolute atomic E-state index is 11.8. The zero-order valence-electron chi connectivity index (χ0n) is 10.6. The van der Waals surface area contributed by atoms with E-state index < -0.39 is 24.0 Å². The number of benzene rings is 1. The molecule has 0 bridgehead atoms. The highest BCUT2D eigenvalue weighted by Gasteiger charge is 2.21. The lowest BCUT2D eigenvalue weighted by Crippen LogP contribution is -2.42. The molecule has 7 nitrogen and oxygen atoms in total. The Morgan fingerprint density at radius 3 is 2.53 bits per heavy atom. The van der Waals surface area contributed by atoms with Gasteiger partial charge in [-0.25, -0.2) is 9.59 Å². The Balaban J connectivity index is 2.77. The molecule has 7 heteroatoms. The van der Waals surface area contributed by atoms with Gasteiger partial charge in [-0.15, -0.1) is 0 Å². The monoisotopic (exact) mass is 265 g/mol. The first-order valence-corrected chi connectivity index (χ1v) is 5.49. The van der Waals surface area contributed by atoms with Crippen molar-refractivity contribution in [1.29, 1.82) is 0 Å². The number of esters is 1. The molecule has 1 aromatic rings. The number of carbonyl (C=O) groups is 3. The van der Waals surface area contributed by atoms with Crippen LogP contribution in [0.1, 0.15) is 22.8 Å².